The second kappa shape index (κ2) is 6.16. The maximum absolute atomic E-state index is 13.1. The van der Waals surface area contributed by atoms with E-state index in [-0.39, 0.29) is 11.8 Å². The van der Waals surface area contributed by atoms with Crippen molar-refractivity contribution in [3.05, 3.63) is 59.4 Å². The summed E-state index contributed by atoms with van der Waals surface area (Å²) in [5.41, 5.74) is 8.18. The largest absolute Gasteiger partial charge is 0.326 e. The summed E-state index contributed by atoms with van der Waals surface area (Å²) in [7, 11) is 0. The van der Waals surface area contributed by atoms with Gasteiger partial charge in [0.15, 0.2) is 0 Å². The van der Waals surface area contributed by atoms with Crippen LogP contribution in [0.3, 0.4) is 0 Å². The molecule has 2 rings (SSSR count). The molecule has 0 saturated carbocycles. The molecule has 0 spiro atoms. The molecule has 2 amide bonds. The lowest BCUT2D eigenvalue weighted by molar-refractivity contribution is 0.262. The minimum Gasteiger partial charge on any atom is -0.326 e. The number of anilines is 2. The molecule has 0 saturated heterocycles. The maximum atomic E-state index is 13.1. The predicted octanol–water partition coefficient (Wildman–Crippen LogP) is 3.24. The van der Waals surface area contributed by atoms with E-state index in [9.17, 15) is 9.18 Å². The summed E-state index contributed by atoms with van der Waals surface area (Å²) in [6.07, 6.45) is 0. The van der Waals surface area contributed by atoms with Gasteiger partial charge in [-0.3, -0.25) is 0 Å². The Morgan fingerprint density at radius 3 is 2.30 bits per heavy atom. The molecule has 0 fully saturated rings. The summed E-state index contributed by atoms with van der Waals surface area (Å²) in [6, 6.07) is 11.3. The topological polar surface area (TPSA) is 67.2 Å². The zero-order chi connectivity index (χ0) is 14.5. The highest BCUT2D eigenvalue weighted by molar-refractivity contribution is 5.99. The molecule has 2 aromatic carbocycles. The normalized spacial score (nSPS) is 10.2. The highest BCUT2D eigenvalue weighted by atomic mass is 19.1. The number of rotatable bonds is 3. The zero-order valence-electron chi connectivity index (χ0n) is 11.1. The summed E-state index contributed by atoms with van der Waals surface area (Å²) in [5.74, 6) is -0.298. The van der Waals surface area contributed by atoms with Gasteiger partial charge in [-0.05, 0) is 48.4 Å². The van der Waals surface area contributed by atoms with E-state index in [1.165, 1.54) is 12.1 Å². The van der Waals surface area contributed by atoms with Gasteiger partial charge in [-0.25, -0.2) is 9.18 Å². The van der Waals surface area contributed by atoms with Crippen LogP contribution in [0, 0.1) is 12.7 Å². The monoisotopic (exact) mass is 273 g/mol. The van der Waals surface area contributed by atoms with Gasteiger partial charge in [0.25, 0.3) is 0 Å². The Morgan fingerprint density at radius 1 is 1.10 bits per heavy atom. The third-order valence-electron chi connectivity index (χ3n) is 2.86. The van der Waals surface area contributed by atoms with E-state index in [0.29, 0.717) is 23.5 Å². The Labute approximate surface area is 116 Å². The van der Waals surface area contributed by atoms with Gasteiger partial charge >= 0.3 is 6.03 Å². The van der Waals surface area contributed by atoms with E-state index < -0.39 is 0 Å². The fourth-order valence-corrected chi connectivity index (χ4v) is 1.74. The highest BCUT2D eigenvalue weighted by Gasteiger charge is 2.04. The summed E-state index contributed by atoms with van der Waals surface area (Å²) >= 11 is 0. The number of nitrogens with two attached hydrogens (primary N) is 1. The quantitative estimate of drug-likeness (QED) is 0.803. The van der Waals surface area contributed by atoms with Gasteiger partial charge in [-0.1, -0.05) is 12.1 Å². The lowest BCUT2D eigenvalue weighted by Crippen LogP contribution is -2.19. The van der Waals surface area contributed by atoms with Crippen LogP contribution in [0.25, 0.3) is 0 Å². The Bertz CT molecular complexity index is 611. The van der Waals surface area contributed by atoms with Gasteiger partial charge in [-0.15, -0.1) is 0 Å². The number of aryl methyl sites for hydroxylation is 1. The summed E-state index contributed by atoms with van der Waals surface area (Å²) in [6.45, 7) is 2.10. The lowest BCUT2D eigenvalue weighted by Gasteiger charge is -2.09. The number of hydrogen-bond acceptors (Lipinski definition) is 2. The Kier molecular flexibility index (Phi) is 4.32. The molecule has 0 heterocycles. The van der Waals surface area contributed by atoms with E-state index in [2.05, 4.69) is 10.6 Å². The molecule has 0 unspecified atom stereocenters. The molecule has 5 heteroatoms. The van der Waals surface area contributed by atoms with Crippen LogP contribution in [0.2, 0.25) is 0 Å². The van der Waals surface area contributed by atoms with Crippen molar-refractivity contribution in [2.24, 2.45) is 5.73 Å². The first-order valence-electron chi connectivity index (χ1n) is 6.21. The van der Waals surface area contributed by atoms with Gasteiger partial charge in [0.2, 0.25) is 0 Å². The van der Waals surface area contributed by atoms with Crippen LogP contribution in [-0.4, -0.2) is 6.03 Å². The molecule has 2 aromatic rings. The smallest absolute Gasteiger partial charge is 0.323 e. The zero-order valence-corrected chi connectivity index (χ0v) is 11.1. The number of halogens is 1. The molecule has 20 heavy (non-hydrogen) atoms. The van der Waals surface area contributed by atoms with Crippen LogP contribution >= 0.6 is 0 Å². The molecule has 0 atom stereocenters. The van der Waals surface area contributed by atoms with Crippen LogP contribution < -0.4 is 16.4 Å². The molecule has 4 N–H and O–H groups in total. The van der Waals surface area contributed by atoms with E-state index in [1.807, 2.05) is 12.1 Å². The van der Waals surface area contributed by atoms with Crippen LogP contribution in [0.5, 0.6) is 0 Å². The second-order valence-corrected chi connectivity index (χ2v) is 4.44. The van der Waals surface area contributed by atoms with Gasteiger partial charge in [-0.2, -0.15) is 0 Å². The van der Waals surface area contributed by atoms with Crippen molar-refractivity contribution in [2.75, 3.05) is 10.6 Å². The summed E-state index contributed by atoms with van der Waals surface area (Å²) < 4.78 is 13.1. The molecule has 0 aliphatic rings. The van der Waals surface area contributed by atoms with Crippen molar-refractivity contribution in [1.29, 1.82) is 0 Å². The van der Waals surface area contributed by atoms with E-state index in [4.69, 9.17) is 5.73 Å². The number of amides is 2. The van der Waals surface area contributed by atoms with Crippen molar-refractivity contribution in [3.63, 3.8) is 0 Å². The number of carbonyl (C=O) groups is 1. The summed E-state index contributed by atoms with van der Waals surface area (Å²) in [4.78, 5) is 11.8. The first kappa shape index (κ1) is 14.0. The van der Waals surface area contributed by atoms with E-state index >= 15 is 0 Å². The van der Waals surface area contributed by atoms with Crippen LogP contribution in [0.4, 0.5) is 20.6 Å². The van der Waals surface area contributed by atoms with Gasteiger partial charge in [0.1, 0.15) is 5.82 Å². The van der Waals surface area contributed by atoms with Crippen LogP contribution in [0.15, 0.2) is 42.5 Å². The molecule has 0 aliphatic heterocycles. The molecule has 0 aromatic heterocycles. The molecule has 4 nitrogen and oxygen atoms in total. The fraction of sp³-hybridized carbons (Fsp3) is 0.133. The molecular weight excluding hydrogens is 257 g/mol. The van der Waals surface area contributed by atoms with Crippen molar-refractivity contribution >= 4 is 17.4 Å². The van der Waals surface area contributed by atoms with Gasteiger partial charge in [0.05, 0.1) is 0 Å². The standard InChI is InChI=1S/C15H16FN3O/c1-10-8-13(6-7-14(10)16)19-15(20)18-12-4-2-11(9-17)3-5-12/h2-8H,9,17H2,1H3,(H2,18,19,20). The van der Waals surface area contributed by atoms with Crippen molar-refractivity contribution in [1.82, 2.24) is 0 Å². The minimum atomic E-state index is -0.378. The predicted molar refractivity (Wildman–Crippen MR) is 78.1 cm³/mol. The van der Waals surface area contributed by atoms with Crippen molar-refractivity contribution < 1.29 is 9.18 Å². The summed E-state index contributed by atoms with van der Waals surface area (Å²) in [5, 5.41) is 5.34. The number of nitrogens with one attached hydrogen (secondary N) is 2. The average molecular weight is 273 g/mol. The van der Waals surface area contributed by atoms with Crippen LogP contribution in [-0.2, 0) is 6.54 Å². The molecule has 104 valence electrons. The SMILES string of the molecule is Cc1cc(NC(=O)Nc2ccc(CN)cc2)ccc1F. The first-order chi connectivity index (χ1) is 9.58. The third kappa shape index (κ3) is 3.55. The average Bonchev–Trinajstić information content (AvgIpc) is 2.44. The molecule has 0 radical (unpaired) electrons. The Morgan fingerprint density at radius 2 is 1.70 bits per heavy atom. The molecule has 0 bridgehead atoms. The Hall–Kier alpha value is -2.40. The van der Waals surface area contributed by atoms with E-state index in [1.54, 1.807) is 25.1 Å². The molecular formula is C15H16FN3O. The minimum absolute atomic E-state index is 0.298. The van der Waals surface area contributed by atoms with Gasteiger partial charge < -0.3 is 16.4 Å². The second-order valence-electron chi connectivity index (χ2n) is 4.44. The fourth-order valence-electron chi connectivity index (χ4n) is 1.74. The number of benzene rings is 2. The number of carbonyl (C=O) groups excluding carboxylic acids is 1. The van der Waals surface area contributed by atoms with E-state index in [0.717, 1.165) is 5.56 Å². The highest BCUT2D eigenvalue weighted by Crippen LogP contribution is 2.14. The van der Waals surface area contributed by atoms with Crippen molar-refractivity contribution in [2.45, 2.75) is 13.5 Å². The van der Waals surface area contributed by atoms with Crippen LogP contribution in [0.1, 0.15) is 11.1 Å². The van der Waals surface area contributed by atoms with Gasteiger partial charge in [0, 0.05) is 17.9 Å². The number of hydrogen-bond donors (Lipinski definition) is 3. The number of urea groups is 1. The first-order valence-corrected chi connectivity index (χ1v) is 6.21. The Balaban J connectivity index is 1.99. The van der Waals surface area contributed by atoms with Crippen molar-refractivity contribution in [3.8, 4) is 0 Å². The maximum Gasteiger partial charge on any atom is 0.323 e. The lowest BCUT2D eigenvalue weighted by atomic mass is 10.2. The third-order valence-corrected chi connectivity index (χ3v) is 2.86. The molecule has 0 aliphatic carbocycles.